The van der Waals surface area contributed by atoms with E-state index in [-0.39, 0.29) is 51.8 Å². The molecule has 4 fully saturated rings. The highest BCUT2D eigenvalue weighted by Crippen LogP contribution is 2.77. The number of carbonyl (C=O) groups excluding carboxylic acids is 2. The van der Waals surface area contributed by atoms with Gasteiger partial charge in [-0.25, -0.2) is 9.97 Å². The van der Waals surface area contributed by atoms with Crippen molar-refractivity contribution in [3.63, 3.8) is 0 Å². The van der Waals surface area contributed by atoms with Gasteiger partial charge >= 0.3 is 11.9 Å². The number of fused-ring (bicyclic) bond motifs is 7. The van der Waals surface area contributed by atoms with Gasteiger partial charge in [-0.15, -0.1) is 0 Å². The van der Waals surface area contributed by atoms with Crippen LogP contribution in [0.1, 0.15) is 132 Å². The Kier molecular flexibility index (Phi) is 9.73. The minimum atomic E-state index is -1.17. The van der Waals surface area contributed by atoms with Crippen molar-refractivity contribution in [1.29, 1.82) is 0 Å². The van der Waals surface area contributed by atoms with Crippen LogP contribution in [0.2, 0.25) is 0 Å². The van der Waals surface area contributed by atoms with E-state index in [4.69, 9.17) is 4.74 Å². The Morgan fingerprint density at radius 1 is 1.00 bits per heavy atom. The molecule has 1 unspecified atom stereocenters. The van der Waals surface area contributed by atoms with Gasteiger partial charge in [-0.3, -0.25) is 14.4 Å². The topological polar surface area (TPSA) is 139 Å². The number of aromatic nitrogens is 2. The Morgan fingerprint density at radius 2 is 1.73 bits per heavy atom. The Labute approximate surface area is 305 Å². The van der Waals surface area contributed by atoms with Crippen LogP contribution in [0.3, 0.4) is 0 Å². The summed E-state index contributed by atoms with van der Waals surface area (Å²) in [4.78, 5) is 47.1. The van der Waals surface area contributed by atoms with Gasteiger partial charge in [0.1, 0.15) is 12.4 Å². The van der Waals surface area contributed by atoms with Gasteiger partial charge in [-0.1, -0.05) is 54.0 Å². The number of rotatable bonds is 10. The molecule has 1 aromatic heterocycles. The highest BCUT2D eigenvalue weighted by molar-refractivity contribution is 6.00. The molecule has 9 atom stereocenters. The number of carboxylic acids is 1. The number of ether oxygens (including phenoxy) is 1. The summed E-state index contributed by atoms with van der Waals surface area (Å²) in [6.07, 6.45) is 10.4. The average Bonchev–Trinajstić information content (AvgIpc) is 3.36. The minimum absolute atomic E-state index is 0.0164. The molecule has 4 saturated carbocycles. The molecule has 0 aromatic carbocycles. The second kappa shape index (κ2) is 13.0. The first-order valence-electron chi connectivity index (χ1n) is 19.6. The van der Waals surface area contributed by atoms with Crippen LogP contribution >= 0.6 is 0 Å². The second-order valence-corrected chi connectivity index (χ2v) is 19.4. The SMILES string of the molecule is CC(C)C1=C2[C@H]3CC[C@@H]4[C@@]5(C)CC[C@H](OC(=O)CC(C)(C)C(=O)O)C(C)(C)C5CC[C@@]4(C)[C@]3(C)CC[C@@]2([C@@H](O)CNCc2ccncn2)CC1=O. The van der Waals surface area contributed by atoms with Gasteiger partial charge in [-0.05, 0) is 117 Å². The molecule has 0 aliphatic heterocycles. The third-order valence-electron chi connectivity index (χ3n) is 15.8. The lowest BCUT2D eigenvalue weighted by Gasteiger charge is -2.72. The van der Waals surface area contributed by atoms with Crippen LogP contribution < -0.4 is 5.32 Å². The fraction of sp³-hybridized carbons (Fsp3) is 0.786. The Balaban J connectivity index is 1.26. The molecular weight excluding hydrogens is 642 g/mol. The molecule has 1 aromatic rings. The van der Waals surface area contributed by atoms with E-state index in [0.717, 1.165) is 62.6 Å². The summed E-state index contributed by atoms with van der Waals surface area (Å²) < 4.78 is 6.16. The molecular formula is C42H63N3O6. The maximum atomic E-state index is 14.0. The molecule has 9 nitrogen and oxygen atoms in total. The zero-order chi connectivity index (χ0) is 37.4. The third-order valence-corrected chi connectivity index (χ3v) is 15.8. The zero-order valence-corrected chi connectivity index (χ0v) is 32.6. The monoisotopic (exact) mass is 705 g/mol. The van der Waals surface area contributed by atoms with Crippen LogP contribution in [0.4, 0.5) is 0 Å². The lowest BCUT2D eigenvalue weighted by molar-refractivity contribution is -0.235. The van der Waals surface area contributed by atoms with Gasteiger partial charge in [0.15, 0.2) is 5.78 Å². The van der Waals surface area contributed by atoms with E-state index < -0.39 is 28.9 Å². The Morgan fingerprint density at radius 3 is 2.37 bits per heavy atom. The van der Waals surface area contributed by atoms with E-state index in [1.807, 2.05) is 6.07 Å². The van der Waals surface area contributed by atoms with Gasteiger partial charge in [-0.2, -0.15) is 0 Å². The Bertz CT molecular complexity index is 1570. The van der Waals surface area contributed by atoms with E-state index in [0.29, 0.717) is 31.3 Å². The average molecular weight is 706 g/mol. The molecule has 0 radical (unpaired) electrons. The number of nitrogens with one attached hydrogen (secondary N) is 1. The molecule has 51 heavy (non-hydrogen) atoms. The molecule has 6 rings (SSSR count). The van der Waals surface area contributed by atoms with Gasteiger partial charge in [0, 0.05) is 36.5 Å². The van der Waals surface area contributed by atoms with Crippen molar-refractivity contribution in [2.45, 2.75) is 145 Å². The maximum Gasteiger partial charge on any atom is 0.309 e. The predicted molar refractivity (Wildman–Crippen MR) is 195 cm³/mol. The van der Waals surface area contributed by atoms with E-state index in [1.165, 1.54) is 11.9 Å². The molecule has 0 bridgehead atoms. The zero-order valence-electron chi connectivity index (χ0n) is 32.6. The van der Waals surface area contributed by atoms with E-state index in [1.54, 1.807) is 20.0 Å². The van der Waals surface area contributed by atoms with Gasteiger partial charge < -0.3 is 20.3 Å². The fourth-order valence-corrected chi connectivity index (χ4v) is 12.9. The van der Waals surface area contributed by atoms with Crippen LogP contribution in [-0.4, -0.2) is 56.7 Å². The van der Waals surface area contributed by atoms with Gasteiger partial charge in [0.05, 0.1) is 23.6 Å². The Hall–Kier alpha value is -2.65. The van der Waals surface area contributed by atoms with Crippen molar-refractivity contribution in [3.8, 4) is 0 Å². The molecule has 9 heteroatoms. The number of esters is 1. The number of allylic oxidation sites excluding steroid dienone is 1. The predicted octanol–water partition coefficient (Wildman–Crippen LogP) is 7.32. The smallest absolute Gasteiger partial charge is 0.309 e. The normalized spacial score (nSPS) is 38.0. The molecule has 0 spiro atoms. The molecule has 1 heterocycles. The number of Topliss-reactive ketones (excluding diaryl/α,β-unsaturated/α-hetero) is 1. The molecule has 0 amide bonds. The minimum Gasteiger partial charge on any atom is -0.481 e. The quantitative estimate of drug-likeness (QED) is 0.214. The van der Waals surface area contributed by atoms with E-state index in [2.05, 4.69) is 63.8 Å². The number of nitrogens with zero attached hydrogens (tertiary/aromatic N) is 2. The number of carbonyl (C=O) groups is 3. The summed E-state index contributed by atoms with van der Waals surface area (Å²) in [5.41, 5.74) is 1.28. The van der Waals surface area contributed by atoms with E-state index in [9.17, 15) is 24.6 Å². The van der Waals surface area contributed by atoms with Crippen molar-refractivity contribution >= 4 is 17.7 Å². The maximum absolute atomic E-state index is 14.0. The van der Waals surface area contributed by atoms with Gasteiger partial charge in [0.2, 0.25) is 0 Å². The largest absolute Gasteiger partial charge is 0.481 e. The number of ketones is 1. The van der Waals surface area contributed by atoms with Crippen LogP contribution in [0.25, 0.3) is 0 Å². The summed E-state index contributed by atoms with van der Waals surface area (Å²) in [6.45, 7) is 20.5. The number of carboxylic acid groups (broad SMARTS) is 1. The fourth-order valence-electron chi connectivity index (χ4n) is 12.9. The summed E-state index contributed by atoms with van der Waals surface area (Å²) in [7, 11) is 0. The van der Waals surface area contributed by atoms with Crippen LogP contribution in [-0.2, 0) is 25.7 Å². The molecule has 5 aliphatic carbocycles. The van der Waals surface area contributed by atoms with Gasteiger partial charge in [0.25, 0.3) is 0 Å². The number of hydrogen-bond acceptors (Lipinski definition) is 8. The summed E-state index contributed by atoms with van der Waals surface area (Å²) >= 11 is 0. The number of hydrogen-bond donors (Lipinski definition) is 3. The first-order chi connectivity index (χ1) is 23.7. The van der Waals surface area contributed by atoms with Crippen molar-refractivity contribution in [2.75, 3.05) is 6.54 Å². The number of aliphatic carboxylic acids is 1. The van der Waals surface area contributed by atoms with Crippen LogP contribution in [0.5, 0.6) is 0 Å². The molecule has 3 N–H and O–H groups in total. The molecule has 282 valence electrons. The highest BCUT2D eigenvalue weighted by Gasteiger charge is 2.70. The third kappa shape index (κ3) is 5.91. The van der Waals surface area contributed by atoms with Crippen LogP contribution in [0, 0.1) is 56.2 Å². The highest BCUT2D eigenvalue weighted by atomic mass is 16.5. The molecule has 5 aliphatic rings. The second-order valence-electron chi connectivity index (χ2n) is 19.4. The molecule has 0 saturated heterocycles. The summed E-state index contributed by atoms with van der Waals surface area (Å²) in [5.74, 6) is 0.0184. The van der Waals surface area contributed by atoms with Crippen molar-refractivity contribution in [3.05, 3.63) is 35.4 Å². The lowest BCUT2D eigenvalue weighted by atomic mass is 9.33. The van der Waals surface area contributed by atoms with Crippen molar-refractivity contribution in [2.24, 2.45) is 56.2 Å². The lowest BCUT2D eigenvalue weighted by Crippen LogP contribution is -2.66. The van der Waals surface area contributed by atoms with Crippen LogP contribution in [0.15, 0.2) is 29.7 Å². The van der Waals surface area contributed by atoms with E-state index >= 15 is 0 Å². The number of aliphatic hydroxyl groups is 1. The summed E-state index contributed by atoms with van der Waals surface area (Å²) in [6, 6.07) is 1.88. The van der Waals surface area contributed by atoms with Crippen molar-refractivity contribution in [1.82, 2.24) is 15.3 Å². The first-order valence-corrected chi connectivity index (χ1v) is 19.6. The summed E-state index contributed by atoms with van der Waals surface area (Å²) in [5, 5.41) is 25.1. The van der Waals surface area contributed by atoms with Crippen molar-refractivity contribution < 1.29 is 29.3 Å². The number of aliphatic hydroxyl groups excluding tert-OH is 1. The standard InChI is InChI=1S/C42H63N3O6/c1-25(2)34-28(46)20-42(31(47)23-44-22-26-14-19-43-24-45-26)18-17-40(8)27(35(34)42)10-11-30-39(7)15-13-32(51-33(48)21-37(3,4)36(49)50)38(5,6)29(39)12-16-41(30,40)9/h14,19,24-25,27,29-32,44,47H,10-13,15-18,20-23H2,1-9H3,(H,49,50)/t27-,29?,30-,31+,32+,39+,40-,41-,42+/m1/s1. The first kappa shape index (κ1) is 38.1.